The van der Waals surface area contributed by atoms with Gasteiger partial charge in [-0.05, 0) is 184 Å². The molecule has 8 aliphatic rings. The highest BCUT2D eigenvalue weighted by Gasteiger charge is 2.64. The number of methoxy groups -OCH3 is 1. The molecule has 3 N–H and O–H groups in total. The zero-order valence-corrected chi connectivity index (χ0v) is 36.6. The Morgan fingerprint density at radius 3 is 1.35 bits per heavy atom. The Kier molecular flexibility index (Phi) is 16.2. The Morgan fingerprint density at radius 1 is 0.600 bits per heavy atom. The minimum absolute atomic E-state index is 0. The predicted molar refractivity (Wildman–Crippen MR) is 240 cm³/mol. The second kappa shape index (κ2) is 19.1. The van der Waals surface area contributed by atoms with E-state index in [2.05, 4.69) is 41.5 Å². The van der Waals surface area contributed by atoms with Crippen molar-refractivity contribution >= 4 is 23.5 Å². The van der Waals surface area contributed by atoms with Crippen molar-refractivity contribution in [3.63, 3.8) is 0 Å². The van der Waals surface area contributed by atoms with Crippen LogP contribution in [0, 0.1) is 92.7 Å². The molecule has 0 saturated heterocycles. The number of aliphatic carboxylic acids is 1. The fourth-order valence-electron chi connectivity index (χ4n) is 17.0. The summed E-state index contributed by atoms with van der Waals surface area (Å²) in [5.74, 6) is 5.33. The molecule has 18 atom stereocenters. The maximum absolute atomic E-state index is 13.4. The van der Waals surface area contributed by atoms with E-state index in [-0.39, 0.29) is 80.4 Å². The van der Waals surface area contributed by atoms with Crippen LogP contribution in [0.4, 0.5) is 0 Å². The molecule has 8 fully saturated rings. The highest BCUT2D eigenvalue weighted by molar-refractivity contribution is 5.84. The van der Waals surface area contributed by atoms with Crippen molar-refractivity contribution in [3.05, 3.63) is 0 Å². The number of carboxylic acids is 1. The van der Waals surface area contributed by atoms with Gasteiger partial charge in [-0.15, -0.1) is 0 Å². The molecule has 2 unspecified atom stereocenters. The summed E-state index contributed by atoms with van der Waals surface area (Å²) in [6.45, 7) is 14.2. The van der Waals surface area contributed by atoms with Crippen LogP contribution in [0.15, 0.2) is 0 Å². The van der Waals surface area contributed by atoms with E-state index in [1.807, 2.05) is 0 Å². The summed E-state index contributed by atoms with van der Waals surface area (Å²) in [5, 5.41) is 29.4. The van der Waals surface area contributed by atoms with Gasteiger partial charge in [0.2, 0.25) is 0 Å². The van der Waals surface area contributed by atoms with Crippen LogP contribution in [0.3, 0.4) is 0 Å². The smallest absolute Gasteiger partial charge is 0.305 e. The number of carboxylic acid groups (broad SMARTS) is 1. The van der Waals surface area contributed by atoms with Gasteiger partial charge < -0.3 is 20.1 Å². The molecule has 0 amide bonds. The van der Waals surface area contributed by atoms with E-state index in [9.17, 15) is 29.4 Å². The van der Waals surface area contributed by atoms with Gasteiger partial charge in [-0.2, -0.15) is 0 Å². The molecule has 0 aromatic carbocycles. The van der Waals surface area contributed by atoms with Crippen molar-refractivity contribution in [2.45, 2.75) is 204 Å². The topological polar surface area (TPSA) is 138 Å². The van der Waals surface area contributed by atoms with Crippen LogP contribution >= 0.6 is 0 Å². The molecule has 0 spiro atoms. The van der Waals surface area contributed by atoms with Crippen LogP contribution in [0.5, 0.6) is 0 Å². The number of carbonyl (C=O) groups excluding carboxylic acids is 3. The number of aliphatic hydroxyl groups is 2. The summed E-state index contributed by atoms with van der Waals surface area (Å²) in [6, 6.07) is 0. The molecular formula is C52H90O8. The molecule has 60 heavy (non-hydrogen) atoms. The maximum atomic E-state index is 13.4. The quantitative estimate of drug-likeness (QED) is 0.205. The Labute approximate surface area is 365 Å². The molecule has 8 rings (SSSR count). The number of carbonyl (C=O) groups is 4. The maximum Gasteiger partial charge on any atom is 0.305 e. The molecule has 0 bridgehead atoms. The van der Waals surface area contributed by atoms with E-state index in [1.165, 1.54) is 32.8 Å². The number of aliphatic hydroxyl groups excluding tert-OH is 2. The number of Topliss-reactive ketones (excluding diaryl/α,β-unsaturated/α-hetero) is 2. The van der Waals surface area contributed by atoms with Crippen LogP contribution in [-0.2, 0) is 23.9 Å². The van der Waals surface area contributed by atoms with Crippen molar-refractivity contribution in [1.29, 1.82) is 0 Å². The van der Waals surface area contributed by atoms with Crippen molar-refractivity contribution in [2.75, 3.05) is 7.11 Å². The fourth-order valence-corrected chi connectivity index (χ4v) is 17.0. The highest BCUT2D eigenvalue weighted by Crippen LogP contribution is 2.69. The molecular weight excluding hydrogens is 753 g/mol. The number of esters is 1. The second-order valence-electron chi connectivity index (χ2n) is 22.5. The van der Waals surface area contributed by atoms with Gasteiger partial charge in [0.15, 0.2) is 0 Å². The monoisotopic (exact) mass is 843 g/mol. The molecule has 8 aliphatic carbocycles. The van der Waals surface area contributed by atoms with Gasteiger partial charge in [0.05, 0.1) is 19.3 Å². The van der Waals surface area contributed by atoms with Gasteiger partial charge in [-0.1, -0.05) is 63.8 Å². The van der Waals surface area contributed by atoms with Gasteiger partial charge in [0.25, 0.3) is 0 Å². The van der Waals surface area contributed by atoms with Crippen LogP contribution in [0.1, 0.15) is 192 Å². The average Bonchev–Trinajstić information content (AvgIpc) is 3.71. The summed E-state index contributed by atoms with van der Waals surface area (Å²) in [4.78, 5) is 49.4. The van der Waals surface area contributed by atoms with E-state index in [1.54, 1.807) is 0 Å². The lowest BCUT2D eigenvalue weighted by Gasteiger charge is -2.60. The molecule has 0 aromatic rings. The average molecular weight is 843 g/mol. The SMILES string of the molecule is C.C.C.CC(CCC(=O)O)[C@H]1CC[C@H]2[C@@H]3C(=O)C[C@@H]4C[C@H](O)CC[C@]4(C)[C@H]3CC[C@]12C.COC(=O)CCC(C)[C@H]1CC[C@H]2[C@@H]3C(=O)C[C@@H]4C[C@H](O)CC[C@]4(C)[C@H]3CC[C@]12C. The third-order valence-electron chi connectivity index (χ3n) is 20.3. The Hall–Kier alpha value is -1.80. The summed E-state index contributed by atoms with van der Waals surface area (Å²) >= 11 is 0. The van der Waals surface area contributed by atoms with Crippen LogP contribution in [0.25, 0.3) is 0 Å². The Bertz CT molecular complexity index is 1530. The molecule has 0 heterocycles. The second-order valence-corrected chi connectivity index (χ2v) is 22.5. The highest BCUT2D eigenvalue weighted by atomic mass is 16.5. The predicted octanol–water partition coefficient (Wildman–Crippen LogP) is 11.4. The van der Waals surface area contributed by atoms with Gasteiger partial charge in [-0.3, -0.25) is 19.2 Å². The third kappa shape index (κ3) is 8.71. The zero-order valence-electron chi connectivity index (χ0n) is 36.6. The van der Waals surface area contributed by atoms with E-state index >= 15 is 0 Å². The largest absolute Gasteiger partial charge is 0.481 e. The van der Waals surface area contributed by atoms with Gasteiger partial charge in [-0.25, -0.2) is 0 Å². The number of rotatable bonds is 8. The molecule has 8 heteroatoms. The summed E-state index contributed by atoms with van der Waals surface area (Å²) in [7, 11) is 1.47. The zero-order chi connectivity index (χ0) is 41.2. The number of ketones is 2. The van der Waals surface area contributed by atoms with Crippen LogP contribution < -0.4 is 0 Å². The lowest BCUT2D eigenvalue weighted by Crippen LogP contribution is -2.57. The normalized spacial score (nSPS) is 46.0. The lowest BCUT2D eigenvalue weighted by atomic mass is 9.44. The summed E-state index contributed by atoms with van der Waals surface area (Å²) in [6.07, 6.45) is 18.2. The van der Waals surface area contributed by atoms with E-state index in [4.69, 9.17) is 9.84 Å². The summed E-state index contributed by atoms with van der Waals surface area (Å²) < 4.78 is 4.85. The Morgan fingerprint density at radius 2 is 0.967 bits per heavy atom. The van der Waals surface area contributed by atoms with Gasteiger partial charge in [0.1, 0.15) is 11.6 Å². The van der Waals surface area contributed by atoms with Gasteiger partial charge >= 0.3 is 11.9 Å². The number of hydrogen-bond acceptors (Lipinski definition) is 7. The summed E-state index contributed by atoms with van der Waals surface area (Å²) in [5.41, 5.74) is 0.857. The van der Waals surface area contributed by atoms with Crippen molar-refractivity contribution in [3.8, 4) is 0 Å². The van der Waals surface area contributed by atoms with Crippen molar-refractivity contribution in [1.82, 2.24) is 0 Å². The molecule has 0 radical (unpaired) electrons. The standard InChI is InChI=1S/C25H40O4.C24H38O4.3CH4/c1-15(5-8-22(28)29-4)18-6-7-19-23-20(10-12-25(18,19)3)24(2)11-9-17(26)13-16(24)14-21(23)27;1-14(4-7-21(27)28)17-5-6-18-22-19(9-11-24(17,18)3)23(2)10-8-16(25)12-15(23)13-20(22)26;;;/h15-20,23,26H,5-14H2,1-4H3;14-19,22,25H,4-13H2,1-3H3,(H,27,28);3*1H4/t15?,16-,17+,18+,19-,20-,23-,24-,25+;14?,15-,16+,17+,18-,19-,22-,23-,24+;;;/m00.../s1. The first-order valence-electron chi connectivity index (χ1n) is 23.6. The molecule has 0 aliphatic heterocycles. The molecule has 8 nitrogen and oxygen atoms in total. The number of hydrogen-bond donors (Lipinski definition) is 3. The van der Waals surface area contributed by atoms with E-state index in [0.717, 1.165) is 77.0 Å². The van der Waals surface area contributed by atoms with Crippen molar-refractivity contribution in [2.24, 2.45) is 92.7 Å². The first-order valence-corrected chi connectivity index (χ1v) is 23.6. The number of fused-ring (bicyclic) bond motifs is 10. The van der Waals surface area contributed by atoms with Crippen LogP contribution in [-0.4, -0.2) is 58.1 Å². The fraction of sp³-hybridized carbons (Fsp3) is 0.923. The van der Waals surface area contributed by atoms with E-state index in [0.29, 0.717) is 90.0 Å². The third-order valence-corrected chi connectivity index (χ3v) is 20.3. The number of ether oxygens (including phenoxy) is 1. The lowest BCUT2D eigenvalue weighted by molar-refractivity contribution is -0.161. The van der Waals surface area contributed by atoms with E-state index < -0.39 is 5.97 Å². The molecule has 0 aromatic heterocycles. The molecule has 8 saturated carbocycles. The van der Waals surface area contributed by atoms with Crippen LogP contribution in [0.2, 0.25) is 0 Å². The van der Waals surface area contributed by atoms with Crippen molar-refractivity contribution < 1.29 is 39.2 Å². The minimum Gasteiger partial charge on any atom is -0.481 e. The molecule has 346 valence electrons. The Balaban J connectivity index is 0.000000252. The first-order chi connectivity index (χ1) is 26.9. The minimum atomic E-state index is -0.698. The first kappa shape index (κ1) is 50.8. The van der Waals surface area contributed by atoms with Gasteiger partial charge in [0, 0.05) is 37.5 Å².